The fraction of sp³-hybridized carbons (Fsp3) is 0. The minimum atomic E-state index is 1.27. The zero-order chi connectivity index (χ0) is 28.8. The van der Waals surface area contributed by atoms with Crippen molar-refractivity contribution in [3.8, 4) is 11.1 Å². The molecule has 0 spiro atoms. The molecule has 10 aromatic carbocycles. The molecule has 0 unspecified atom stereocenters. The van der Waals surface area contributed by atoms with E-state index >= 15 is 0 Å². The molecule has 44 heavy (non-hydrogen) atoms. The number of rotatable bonds is 1. The van der Waals surface area contributed by atoms with E-state index in [1.807, 2.05) is 0 Å². The minimum Gasteiger partial charge on any atom is -0.0616 e. The first-order valence-electron chi connectivity index (χ1n) is 15.3. The van der Waals surface area contributed by atoms with Crippen LogP contribution in [0.5, 0.6) is 0 Å². The monoisotopic (exact) mass is 554 g/mol. The maximum Gasteiger partial charge on any atom is -0.00201 e. The summed E-state index contributed by atoms with van der Waals surface area (Å²) in [5.41, 5.74) is 2.56. The first-order chi connectivity index (χ1) is 21.8. The minimum absolute atomic E-state index is 1.27. The second-order valence-corrected chi connectivity index (χ2v) is 12.1. The second-order valence-electron chi connectivity index (χ2n) is 12.1. The lowest BCUT2D eigenvalue weighted by Gasteiger charge is -2.16. The highest BCUT2D eigenvalue weighted by Crippen LogP contribution is 2.43. The Hall–Kier alpha value is -5.72. The maximum absolute atomic E-state index is 2.44. The van der Waals surface area contributed by atoms with Gasteiger partial charge in [0.05, 0.1) is 0 Å². The van der Waals surface area contributed by atoms with Crippen molar-refractivity contribution >= 4 is 86.2 Å². The molecule has 0 nitrogen and oxygen atoms in total. The molecule has 0 saturated heterocycles. The molecule has 10 rings (SSSR count). The van der Waals surface area contributed by atoms with Gasteiger partial charge < -0.3 is 0 Å². The Balaban J connectivity index is 1.31. The lowest BCUT2D eigenvalue weighted by Crippen LogP contribution is -1.89. The third kappa shape index (κ3) is 3.34. The SMILES string of the molecule is c1ccc2cc3cc4c(ccc5cc6cccc(-c7cccc8c9ccccc9c9ccccc9c78)c6cc54)cc3cc2c1. The molecule has 0 amide bonds. The van der Waals surface area contributed by atoms with Crippen molar-refractivity contribution in [1.29, 1.82) is 0 Å². The van der Waals surface area contributed by atoms with Gasteiger partial charge in [0, 0.05) is 0 Å². The molecule has 0 aliphatic rings. The molecule has 0 bridgehead atoms. The van der Waals surface area contributed by atoms with Crippen LogP contribution in [-0.2, 0) is 0 Å². The zero-order valence-corrected chi connectivity index (χ0v) is 24.0. The third-order valence-corrected chi connectivity index (χ3v) is 9.71. The van der Waals surface area contributed by atoms with Crippen molar-refractivity contribution < 1.29 is 0 Å². The van der Waals surface area contributed by atoms with Gasteiger partial charge in [-0.15, -0.1) is 0 Å². The van der Waals surface area contributed by atoms with Crippen LogP contribution >= 0.6 is 0 Å². The van der Waals surface area contributed by atoms with Crippen LogP contribution in [0.2, 0.25) is 0 Å². The predicted octanol–water partition coefficient (Wildman–Crippen LogP) is 12.6. The van der Waals surface area contributed by atoms with Gasteiger partial charge >= 0.3 is 0 Å². The van der Waals surface area contributed by atoms with Crippen molar-refractivity contribution in [3.05, 3.63) is 158 Å². The molecule has 0 fully saturated rings. The number of benzene rings is 10. The smallest absolute Gasteiger partial charge is 0.00201 e. The van der Waals surface area contributed by atoms with Gasteiger partial charge in [-0.3, -0.25) is 0 Å². The summed E-state index contributed by atoms with van der Waals surface area (Å²) in [6.45, 7) is 0. The van der Waals surface area contributed by atoms with Crippen LogP contribution in [0, 0.1) is 0 Å². The van der Waals surface area contributed by atoms with Crippen molar-refractivity contribution in [2.75, 3.05) is 0 Å². The average molecular weight is 555 g/mol. The first-order valence-corrected chi connectivity index (χ1v) is 15.3. The maximum atomic E-state index is 2.44. The molecule has 10 aromatic rings. The summed E-state index contributed by atoms with van der Waals surface area (Å²) in [5, 5.41) is 20.7. The van der Waals surface area contributed by atoms with Crippen LogP contribution in [0.25, 0.3) is 97.3 Å². The Morgan fingerprint density at radius 1 is 0.205 bits per heavy atom. The molecule has 0 N–H and O–H groups in total. The number of fused-ring (bicyclic) bond motifs is 12. The molecule has 0 aliphatic heterocycles. The Morgan fingerprint density at radius 2 is 0.636 bits per heavy atom. The Labute approximate surface area is 254 Å². The summed E-state index contributed by atoms with van der Waals surface area (Å²) < 4.78 is 0. The van der Waals surface area contributed by atoms with Gasteiger partial charge in [0.1, 0.15) is 0 Å². The summed E-state index contributed by atoms with van der Waals surface area (Å²) in [7, 11) is 0. The van der Waals surface area contributed by atoms with Gasteiger partial charge in [-0.1, -0.05) is 121 Å². The highest BCUT2D eigenvalue weighted by atomic mass is 14.2. The van der Waals surface area contributed by atoms with Crippen LogP contribution in [-0.4, -0.2) is 0 Å². The molecule has 0 saturated carbocycles. The van der Waals surface area contributed by atoms with E-state index in [2.05, 4.69) is 158 Å². The molecule has 0 radical (unpaired) electrons. The van der Waals surface area contributed by atoms with Crippen LogP contribution in [0.15, 0.2) is 158 Å². The molecular weight excluding hydrogens is 528 g/mol. The number of hydrogen-bond acceptors (Lipinski definition) is 0. The zero-order valence-electron chi connectivity index (χ0n) is 24.0. The fourth-order valence-corrected chi connectivity index (χ4v) is 7.69. The average Bonchev–Trinajstić information content (AvgIpc) is 3.08. The molecule has 0 heterocycles. The van der Waals surface area contributed by atoms with E-state index in [0.717, 1.165) is 0 Å². The molecule has 0 heteroatoms. The Morgan fingerprint density at radius 3 is 1.34 bits per heavy atom. The first kappa shape index (κ1) is 23.8. The van der Waals surface area contributed by atoms with E-state index in [1.54, 1.807) is 0 Å². The molecular formula is C44H26. The van der Waals surface area contributed by atoms with E-state index in [4.69, 9.17) is 0 Å². The van der Waals surface area contributed by atoms with Gasteiger partial charge in [0.25, 0.3) is 0 Å². The largest absolute Gasteiger partial charge is 0.0616 e. The fourth-order valence-electron chi connectivity index (χ4n) is 7.69. The number of hydrogen-bond donors (Lipinski definition) is 0. The lowest BCUT2D eigenvalue weighted by molar-refractivity contribution is 1.72. The van der Waals surface area contributed by atoms with Gasteiger partial charge in [0.2, 0.25) is 0 Å². The van der Waals surface area contributed by atoms with Crippen LogP contribution in [0.1, 0.15) is 0 Å². The van der Waals surface area contributed by atoms with Gasteiger partial charge in [-0.2, -0.15) is 0 Å². The van der Waals surface area contributed by atoms with Crippen LogP contribution < -0.4 is 0 Å². The van der Waals surface area contributed by atoms with Gasteiger partial charge in [-0.05, 0) is 134 Å². The summed E-state index contributed by atoms with van der Waals surface area (Å²) in [6.07, 6.45) is 0. The van der Waals surface area contributed by atoms with E-state index in [1.165, 1.54) is 97.3 Å². The molecule has 0 aromatic heterocycles. The van der Waals surface area contributed by atoms with Gasteiger partial charge in [-0.25, -0.2) is 0 Å². The van der Waals surface area contributed by atoms with E-state index in [0.29, 0.717) is 0 Å². The molecule has 0 atom stereocenters. The summed E-state index contributed by atoms with van der Waals surface area (Å²) >= 11 is 0. The van der Waals surface area contributed by atoms with E-state index < -0.39 is 0 Å². The van der Waals surface area contributed by atoms with Crippen LogP contribution in [0.3, 0.4) is 0 Å². The van der Waals surface area contributed by atoms with E-state index in [9.17, 15) is 0 Å². The van der Waals surface area contributed by atoms with Crippen molar-refractivity contribution in [1.82, 2.24) is 0 Å². The quantitative estimate of drug-likeness (QED) is 0.140. The Bertz CT molecular complexity index is 2770. The molecule has 202 valence electrons. The lowest BCUT2D eigenvalue weighted by atomic mass is 9.87. The van der Waals surface area contributed by atoms with Crippen molar-refractivity contribution in [3.63, 3.8) is 0 Å². The standard InChI is InChI=1S/C44H26/c1-2-10-28-22-33-25-41-31(24-32(33)21-27(28)9-1)20-19-30-23-29-11-7-16-37(42(29)26-43(30)41)40-18-8-17-39-36-13-4-3-12-34(36)35-14-5-6-15-38(35)44(39)40/h1-26H. The second kappa shape index (κ2) is 8.89. The predicted molar refractivity (Wildman–Crippen MR) is 192 cm³/mol. The van der Waals surface area contributed by atoms with Gasteiger partial charge in [0.15, 0.2) is 0 Å². The Kier molecular flexibility index (Phi) is 4.81. The summed E-state index contributed by atoms with van der Waals surface area (Å²) in [5.74, 6) is 0. The normalized spacial score (nSPS) is 12.1. The summed E-state index contributed by atoms with van der Waals surface area (Å²) in [4.78, 5) is 0. The van der Waals surface area contributed by atoms with E-state index in [-0.39, 0.29) is 0 Å². The van der Waals surface area contributed by atoms with Crippen molar-refractivity contribution in [2.24, 2.45) is 0 Å². The summed E-state index contributed by atoms with van der Waals surface area (Å²) in [6, 6.07) is 58.7. The van der Waals surface area contributed by atoms with Crippen LogP contribution in [0.4, 0.5) is 0 Å². The topological polar surface area (TPSA) is 0 Å². The highest BCUT2D eigenvalue weighted by Gasteiger charge is 2.15. The highest BCUT2D eigenvalue weighted by molar-refractivity contribution is 6.29. The van der Waals surface area contributed by atoms with Crippen molar-refractivity contribution in [2.45, 2.75) is 0 Å². The third-order valence-electron chi connectivity index (χ3n) is 9.71. The molecule has 0 aliphatic carbocycles.